The lowest BCUT2D eigenvalue weighted by Crippen LogP contribution is -2.33. The first-order valence-electron chi connectivity index (χ1n) is 11.7. The number of hydrogen-bond acceptors (Lipinski definition) is 7. The molecule has 0 fully saturated rings. The molecule has 1 amide bonds. The van der Waals surface area contributed by atoms with Crippen LogP contribution in [0.2, 0.25) is 0 Å². The van der Waals surface area contributed by atoms with Crippen LogP contribution in [0.4, 0.5) is 11.6 Å². The highest BCUT2D eigenvalue weighted by Gasteiger charge is 2.16. The van der Waals surface area contributed by atoms with Gasteiger partial charge in [0.25, 0.3) is 11.8 Å². The van der Waals surface area contributed by atoms with Gasteiger partial charge in [-0.05, 0) is 48.7 Å². The second-order valence-corrected chi connectivity index (χ2v) is 8.08. The zero-order chi connectivity index (χ0) is 24.8. The van der Waals surface area contributed by atoms with Crippen molar-refractivity contribution in [3.05, 3.63) is 60.6 Å². The summed E-state index contributed by atoms with van der Waals surface area (Å²) < 4.78 is 12.4. The van der Waals surface area contributed by atoms with Crippen molar-refractivity contribution in [2.45, 2.75) is 26.7 Å². The summed E-state index contributed by atoms with van der Waals surface area (Å²) in [6, 6.07) is 13.2. The van der Waals surface area contributed by atoms with Gasteiger partial charge in [0.05, 0.1) is 19.7 Å². The van der Waals surface area contributed by atoms with E-state index in [-0.39, 0.29) is 5.91 Å². The van der Waals surface area contributed by atoms with Crippen molar-refractivity contribution < 1.29 is 14.3 Å². The normalized spacial score (nSPS) is 10.9. The number of ether oxygens (including phenoxy) is 2. The molecule has 9 nitrogen and oxygen atoms in total. The van der Waals surface area contributed by atoms with Crippen LogP contribution >= 0.6 is 0 Å². The van der Waals surface area contributed by atoms with Gasteiger partial charge in [0, 0.05) is 37.1 Å². The van der Waals surface area contributed by atoms with Crippen LogP contribution in [0.3, 0.4) is 0 Å². The average molecular weight is 475 g/mol. The van der Waals surface area contributed by atoms with Gasteiger partial charge in [-0.25, -0.2) is 14.5 Å². The Balaban J connectivity index is 1.56. The van der Waals surface area contributed by atoms with E-state index in [0.717, 1.165) is 42.6 Å². The van der Waals surface area contributed by atoms with E-state index in [2.05, 4.69) is 34.2 Å². The zero-order valence-corrected chi connectivity index (χ0v) is 20.5. The molecule has 0 radical (unpaired) electrons. The Kier molecular flexibility index (Phi) is 7.45. The molecule has 0 aliphatic rings. The standard InChI is InChI=1S/C26H30N6O3/c1-5-11-31(12-6-2)26(33)21-8-7-9-23(28-21)29-24-16-20-14-18(10-13-32(20)30-24)19-15-22(34-3)25(35-4)27-17-19/h7-10,13-17H,5-6,11-12H2,1-4H3,(H,28,29,30). The number of rotatable bonds is 10. The van der Waals surface area contributed by atoms with E-state index >= 15 is 0 Å². The smallest absolute Gasteiger partial charge is 0.272 e. The average Bonchev–Trinajstić information content (AvgIpc) is 3.29. The van der Waals surface area contributed by atoms with Gasteiger partial charge < -0.3 is 19.7 Å². The fourth-order valence-corrected chi connectivity index (χ4v) is 3.90. The van der Waals surface area contributed by atoms with Crippen molar-refractivity contribution in [2.75, 3.05) is 32.6 Å². The zero-order valence-electron chi connectivity index (χ0n) is 20.5. The van der Waals surface area contributed by atoms with Crippen LogP contribution in [0.1, 0.15) is 37.2 Å². The van der Waals surface area contributed by atoms with Gasteiger partial charge in [-0.3, -0.25) is 4.79 Å². The van der Waals surface area contributed by atoms with Crippen molar-refractivity contribution in [1.82, 2.24) is 24.5 Å². The van der Waals surface area contributed by atoms with Crippen molar-refractivity contribution in [3.63, 3.8) is 0 Å². The summed E-state index contributed by atoms with van der Waals surface area (Å²) in [5, 5.41) is 7.80. The molecule has 0 aromatic carbocycles. The monoisotopic (exact) mass is 474 g/mol. The minimum atomic E-state index is -0.0551. The SMILES string of the molecule is CCCN(CCC)C(=O)c1cccc(Nc2cc3cc(-c4cnc(OC)c(OC)c4)ccn3n2)n1. The molecule has 0 aliphatic heterocycles. The molecule has 0 bridgehead atoms. The molecule has 0 unspecified atom stereocenters. The maximum Gasteiger partial charge on any atom is 0.272 e. The molecule has 0 aliphatic carbocycles. The van der Waals surface area contributed by atoms with Gasteiger partial charge in [-0.15, -0.1) is 0 Å². The van der Waals surface area contributed by atoms with Crippen LogP contribution in [0.5, 0.6) is 11.6 Å². The number of carbonyl (C=O) groups excluding carboxylic acids is 1. The highest BCUT2D eigenvalue weighted by molar-refractivity contribution is 5.92. The van der Waals surface area contributed by atoms with E-state index in [1.807, 2.05) is 47.5 Å². The molecule has 4 aromatic heterocycles. The molecule has 9 heteroatoms. The first-order chi connectivity index (χ1) is 17.1. The maximum atomic E-state index is 12.9. The van der Waals surface area contributed by atoms with Crippen LogP contribution in [-0.2, 0) is 0 Å². The number of nitrogens with zero attached hydrogens (tertiary/aromatic N) is 5. The van der Waals surface area contributed by atoms with Crippen molar-refractivity contribution in [1.29, 1.82) is 0 Å². The quantitative estimate of drug-likeness (QED) is 0.352. The minimum absolute atomic E-state index is 0.0551. The van der Waals surface area contributed by atoms with Gasteiger partial charge in [0.1, 0.15) is 11.5 Å². The first-order valence-corrected chi connectivity index (χ1v) is 11.7. The first kappa shape index (κ1) is 24.0. The summed E-state index contributed by atoms with van der Waals surface area (Å²) in [4.78, 5) is 23.6. The number of methoxy groups -OCH3 is 2. The van der Waals surface area contributed by atoms with E-state index in [1.165, 1.54) is 0 Å². The topological polar surface area (TPSA) is 93.9 Å². The summed E-state index contributed by atoms with van der Waals surface area (Å²) >= 11 is 0. The lowest BCUT2D eigenvalue weighted by atomic mass is 10.1. The molecule has 1 N–H and O–H groups in total. The lowest BCUT2D eigenvalue weighted by Gasteiger charge is -2.21. The molecule has 0 saturated carbocycles. The Labute approximate surface area is 204 Å². The number of amides is 1. The Morgan fingerprint density at radius 3 is 2.51 bits per heavy atom. The summed E-state index contributed by atoms with van der Waals surface area (Å²) in [7, 11) is 3.15. The van der Waals surface area contributed by atoms with Gasteiger partial charge in [-0.2, -0.15) is 5.10 Å². The summed E-state index contributed by atoms with van der Waals surface area (Å²) in [5.41, 5.74) is 3.18. The highest BCUT2D eigenvalue weighted by atomic mass is 16.5. The van der Waals surface area contributed by atoms with E-state index < -0.39 is 0 Å². The summed E-state index contributed by atoms with van der Waals surface area (Å²) in [6.07, 6.45) is 5.45. The van der Waals surface area contributed by atoms with Crippen LogP contribution in [0.25, 0.3) is 16.6 Å². The van der Waals surface area contributed by atoms with E-state index in [0.29, 0.717) is 29.0 Å². The van der Waals surface area contributed by atoms with Crippen molar-refractivity contribution in [2.24, 2.45) is 0 Å². The predicted octanol–water partition coefficient (Wildman–Crippen LogP) is 4.81. The van der Waals surface area contributed by atoms with E-state index in [9.17, 15) is 4.79 Å². The highest BCUT2D eigenvalue weighted by Crippen LogP contribution is 2.30. The molecule has 0 spiro atoms. The molecule has 182 valence electrons. The summed E-state index contributed by atoms with van der Waals surface area (Å²) in [5.74, 6) is 2.15. The molecule has 4 heterocycles. The lowest BCUT2D eigenvalue weighted by molar-refractivity contribution is 0.0750. The molecule has 4 aromatic rings. The number of anilines is 2. The molecular weight excluding hydrogens is 444 g/mol. The number of nitrogens with one attached hydrogen (secondary N) is 1. The molecule has 0 saturated heterocycles. The van der Waals surface area contributed by atoms with Crippen LogP contribution in [0, 0.1) is 0 Å². The van der Waals surface area contributed by atoms with Crippen molar-refractivity contribution in [3.8, 4) is 22.8 Å². The molecule has 35 heavy (non-hydrogen) atoms. The Hall–Kier alpha value is -4.14. The third-order valence-corrected chi connectivity index (χ3v) is 5.53. The molecular formula is C26H30N6O3. The Morgan fingerprint density at radius 2 is 1.80 bits per heavy atom. The van der Waals surface area contributed by atoms with Crippen LogP contribution in [0.15, 0.2) is 54.9 Å². The van der Waals surface area contributed by atoms with E-state index in [4.69, 9.17) is 9.47 Å². The number of aromatic nitrogens is 4. The van der Waals surface area contributed by atoms with Crippen LogP contribution in [-0.4, -0.2) is 57.7 Å². The summed E-state index contributed by atoms with van der Waals surface area (Å²) in [6.45, 7) is 5.57. The second kappa shape index (κ2) is 10.9. The fourth-order valence-electron chi connectivity index (χ4n) is 3.90. The second-order valence-electron chi connectivity index (χ2n) is 8.08. The third kappa shape index (κ3) is 5.34. The third-order valence-electron chi connectivity index (χ3n) is 5.53. The van der Waals surface area contributed by atoms with Gasteiger partial charge in [0.2, 0.25) is 0 Å². The number of pyridine rings is 3. The van der Waals surface area contributed by atoms with Gasteiger partial charge >= 0.3 is 0 Å². The molecule has 0 atom stereocenters. The van der Waals surface area contributed by atoms with Crippen molar-refractivity contribution >= 4 is 23.1 Å². The number of carbonyl (C=O) groups is 1. The Bertz CT molecular complexity index is 1310. The maximum absolute atomic E-state index is 12.9. The Morgan fingerprint density at radius 1 is 1.00 bits per heavy atom. The van der Waals surface area contributed by atoms with Crippen LogP contribution < -0.4 is 14.8 Å². The predicted molar refractivity (Wildman–Crippen MR) is 136 cm³/mol. The number of fused-ring (bicyclic) bond motifs is 1. The van der Waals surface area contributed by atoms with Gasteiger partial charge in [0.15, 0.2) is 11.6 Å². The largest absolute Gasteiger partial charge is 0.491 e. The minimum Gasteiger partial charge on any atom is -0.491 e. The fraction of sp³-hybridized carbons (Fsp3) is 0.308. The van der Waals surface area contributed by atoms with Gasteiger partial charge in [-0.1, -0.05) is 19.9 Å². The molecule has 4 rings (SSSR count). The van der Waals surface area contributed by atoms with E-state index in [1.54, 1.807) is 31.0 Å². The number of hydrogen-bond donors (Lipinski definition) is 1.